The van der Waals surface area contributed by atoms with Crippen LogP contribution in [0.25, 0.3) is 0 Å². The Hall–Kier alpha value is -3.51. The van der Waals surface area contributed by atoms with Crippen molar-refractivity contribution in [3.8, 4) is 5.75 Å². The molecule has 1 saturated heterocycles. The van der Waals surface area contributed by atoms with Gasteiger partial charge in [-0.1, -0.05) is 30.3 Å². The standard InChI is InChI=1S/C25H26F4N2O6/c1-14(31-25(9-5-6-10-37-25)15-7-3-2-4-8-15)24(35)30-18(12-20(33)34)19(32)13-36-23-21(28)16(26)11-17(27)22(23)29/h2-4,7-8,11,14,18,31H,5-6,9-10,12-13H2,1H3,(H,30,35)(H,33,34)/t14-,18-,25?/m0/s1. The van der Waals surface area contributed by atoms with E-state index in [-0.39, 0.29) is 6.07 Å². The Morgan fingerprint density at radius 1 is 1.08 bits per heavy atom. The molecule has 3 rings (SSSR count). The molecule has 0 bridgehead atoms. The molecule has 0 aliphatic carbocycles. The summed E-state index contributed by atoms with van der Waals surface area (Å²) in [6.07, 6.45) is 1.34. The molecule has 3 atom stereocenters. The maximum Gasteiger partial charge on any atom is 0.305 e. The average Bonchev–Trinajstić information content (AvgIpc) is 2.87. The second kappa shape index (κ2) is 12.2. The summed E-state index contributed by atoms with van der Waals surface area (Å²) in [6, 6.07) is 6.50. The first-order valence-corrected chi connectivity index (χ1v) is 11.5. The molecule has 0 radical (unpaired) electrons. The molecule has 1 aliphatic heterocycles. The van der Waals surface area contributed by atoms with Crippen molar-refractivity contribution in [2.75, 3.05) is 13.2 Å². The van der Waals surface area contributed by atoms with Gasteiger partial charge in [0.05, 0.1) is 12.5 Å². The fraction of sp³-hybridized carbons (Fsp3) is 0.400. The van der Waals surface area contributed by atoms with Crippen LogP contribution in [0.15, 0.2) is 36.4 Å². The van der Waals surface area contributed by atoms with E-state index in [0.717, 1.165) is 18.4 Å². The number of rotatable bonds is 11. The Balaban J connectivity index is 1.71. The predicted molar refractivity (Wildman–Crippen MR) is 121 cm³/mol. The van der Waals surface area contributed by atoms with Crippen molar-refractivity contribution in [2.45, 2.75) is 50.4 Å². The van der Waals surface area contributed by atoms with Gasteiger partial charge in [0, 0.05) is 12.7 Å². The Bertz CT molecular complexity index is 1120. The lowest BCUT2D eigenvalue weighted by atomic mass is 9.93. The third-order valence-electron chi connectivity index (χ3n) is 5.87. The number of carbonyl (C=O) groups excluding carboxylic acids is 2. The van der Waals surface area contributed by atoms with Crippen LogP contribution < -0.4 is 15.4 Å². The highest BCUT2D eigenvalue weighted by Crippen LogP contribution is 2.33. The summed E-state index contributed by atoms with van der Waals surface area (Å²) in [6.45, 7) is 0.784. The van der Waals surface area contributed by atoms with Crippen LogP contribution in [0.5, 0.6) is 5.75 Å². The maximum absolute atomic E-state index is 13.8. The van der Waals surface area contributed by atoms with Gasteiger partial charge < -0.3 is 19.9 Å². The Labute approximate surface area is 209 Å². The van der Waals surface area contributed by atoms with Crippen molar-refractivity contribution >= 4 is 17.7 Å². The lowest BCUT2D eigenvalue weighted by Crippen LogP contribution is -2.57. The summed E-state index contributed by atoms with van der Waals surface area (Å²) in [5.74, 6) is -12.0. The van der Waals surface area contributed by atoms with Gasteiger partial charge in [-0.15, -0.1) is 0 Å². The third-order valence-corrected chi connectivity index (χ3v) is 5.87. The molecule has 200 valence electrons. The molecule has 37 heavy (non-hydrogen) atoms. The third kappa shape index (κ3) is 6.83. The minimum Gasteiger partial charge on any atom is -0.481 e. The van der Waals surface area contributed by atoms with E-state index in [0.29, 0.717) is 13.0 Å². The van der Waals surface area contributed by atoms with Crippen molar-refractivity contribution in [3.05, 3.63) is 65.2 Å². The molecule has 2 aromatic carbocycles. The first-order valence-electron chi connectivity index (χ1n) is 11.5. The smallest absolute Gasteiger partial charge is 0.305 e. The highest BCUT2D eigenvalue weighted by atomic mass is 19.2. The molecule has 2 aromatic rings. The number of carbonyl (C=O) groups is 3. The summed E-state index contributed by atoms with van der Waals surface area (Å²) < 4.78 is 65.0. The molecule has 1 unspecified atom stereocenters. The molecule has 1 heterocycles. The van der Waals surface area contributed by atoms with Gasteiger partial charge in [0.15, 0.2) is 23.2 Å². The number of carboxylic acid groups (broad SMARTS) is 1. The van der Waals surface area contributed by atoms with Crippen LogP contribution in [0.3, 0.4) is 0 Å². The largest absolute Gasteiger partial charge is 0.481 e. The van der Waals surface area contributed by atoms with Crippen LogP contribution in [0.1, 0.15) is 38.2 Å². The molecule has 8 nitrogen and oxygen atoms in total. The lowest BCUT2D eigenvalue weighted by molar-refractivity contribution is -0.142. The minimum absolute atomic E-state index is 0.0283. The van der Waals surface area contributed by atoms with Gasteiger partial charge in [0.25, 0.3) is 0 Å². The molecule has 12 heteroatoms. The van der Waals surface area contributed by atoms with Gasteiger partial charge in [0.1, 0.15) is 18.4 Å². The van der Waals surface area contributed by atoms with E-state index in [1.54, 1.807) is 0 Å². The number of amides is 1. The molecule has 0 aromatic heterocycles. The lowest BCUT2D eigenvalue weighted by Gasteiger charge is -2.40. The minimum atomic E-state index is -1.86. The van der Waals surface area contributed by atoms with Crippen molar-refractivity contribution in [1.82, 2.24) is 10.6 Å². The molecule has 1 aliphatic rings. The van der Waals surface area contributed by atoms with Crippen LogP contribution in [0.2, 0.25) is 0 Å². The average molecular weight is 526 g/mol. The first kappa shape index (κ1) is 28.1. The van der Waals surface area contributed by atoms with Gasteiger partial charge in [-0.3, -0.25) is 19.7 Å². The number of halogens is 4. The van der Waals surface area contributed by atoms with Gasteiger partial charge in [0.2, 0.25) is 17.5 Å². The normalized spacial score (nSPS) is 19.1. The highest BCUT2D eigenvalue weighted by molar-refractivity contribution is 5.94. The molecule has 0 saturated carbocycles. The summed E-state index contributed by atoms with van der Waals surface area (Å²) in [4.78, 5) is 36.8. The van der Waals surface area contributed by atoms with E-state index in [4.69, 9.17) is 4.74 Å². The highest BCUT2D eigenvalue weighted by Gasteiger charge is 2.38. The zero-order valence-corrected chi connectivity index (χ0v) is 19.9. The summed E-state index contributed by atoms with van der Waals surface area (Å²) in [5, 5.41) is 14.6. The SMILES string of the molecule is C[C@H](NC1(c2ccccc2)CCCCO1)C(=O)N[C@@H](CC(=O)O)C(=O)COc1c(F)c(F)cc(F)c1F. The van der Waals surface area contributed by atoms with E-state index >= 15 is 0 Å². The van der Waals surface area contributed by atoms with Crippen molar-refractivity contribution in [2.24, 2.45) is 0 Å². The summed E-state index contributed by atoms with van der Waals surface area (Å²) in [7, 11) is 0. The van der Waals surface area contributed by atoms with E-state index in [9.17, 15) is 37.1 Å². The number of aliphatic carboxylic acids is 1. The van der Waals surface area contributed by atoms with Gasteiger partial charge in [-0.25, -0.2) is 8.78 Å². The number of hydrogen-bond donors (Lipinski definition) is 3. The van der Waals surface area contributed by atoms with E-state index in [2.05, 4.69) is 15.4 Å². The Morgan fingerprint density at radius 3 is 2.30 bits per heavy atom. The van der Waals surface area contributed by atoms with Crippen molar-refractivity contribution < 1.29 is 46.5 Å². The van der Waals surface area contributed by atoms with E-state index in [1.807, 2.05) is 30.3 Å². The Kier molecular flexibility index (Phi) is 9.22. The van der Waals surface area contributed by atoms with Crippen LogP contribution in [-0.2, 0) is 24.8 Å². The van der Waals surface area contributed by atoms with Crippen molar-refractivity contribution in [3.63, 3.8) is 0 Å². The van der Waals surface area contributed by atoms with Crippen LogP contribution in [0.4, 0.5) is 17.6 Å². The molecular formula is C25H26F4N2O6. The molecular weight excluding hydrogens is 500 g/mol. The maximum atomic E-state index is 13.8. The van der Waals surface area contributed by atoms with Crippen LogP contribution in [0, 0.1) is 23.3 Å². The number of Topliss-reactive ketones (excluding diaryl/α,β-unsaturated/α-hetero) is 1. The molecule has 1 fully saturated rings. The number of nitrogens with one attached hydrogen (secondary N) is 2. The topological polar surface area (TPSA) is 114 Å². The van der Waals surface area contributed by atoms with Gasteiger partial charge in [-0.2, -0.15) is 8.78 Å². The van der Waals surface area contributed by atoms with Gasteiger partial charge in [-0.05, 0) is 31.7 Å². The van der Waals surface area contributed by atoms with E-state index < -0.39 is 77.5 Å². The Morgan fingerprint density at radius 2 is 1.73 bits per heavy atom. The summed E-state index contributed by atoms with van der Waals surface area (Å²) in [5.41, 5.74) is -0.199. The fourth-order valence-corrected chi connectivity index (χ4v) is 3.98. The van der Waals surface area contributed by atoms with E-state index in [1.165, 1.54) is 6.92 Å². The predicted octanol–water partition coefficient (Wildman–Crippen LogP) is 3.18. The molecule has 1 amide bonds. The second-order valence-corrected chi connectivity index (χ2v) is 8.58. The quantitative estimate of drug-likeness (QED) is 0.305. The zero-order valence-electron chi connectivity index (χ0n) is 19.9. The number of ether oxygens (including phenoxy) is 2. The van der Waals surface area contributed by atoms with Crippen molar-refractivity contribution in [1.29, 1.82) is 0 Å². The fourth-order valence-electron chi connectivity index (χ4n) is 3.98. The number of ketones is 1. The number of benzene rings is 2. The second-order valence-electron chi connectivity index (χ2n) is 8.58. The van der Waals surface area contributed by atoms with Crippen LogP contribution in [-0.4, -0.2) is 48.1 Å². The number of carboxylic acids is 1. The summed E-state index contributed by atoms with van der Waals surface area (Å²) >= 11 is 0. The zero-order chi connectivity index (χ0) is 27.2. The van der Waals surface area contributed by atoms with Crippen LogP contribution >= 0.6 is 0 Å². The monoisotopic (exact) mass is 526 g/mol. The first-order chi connectivity index (χ1) is 17.5. The molecule has 3 N–H and O–H groups in total. The van der Waals surface area contributed by atoms with Gasteiger partial charge >= 0.3 is 5.97 Å². The molecule has 0 spiro atoms. The number of hydrogen-bond acceptors (Lipinski definition) is 6.